The van der Waals surface area contributed by atoms with Gasteiger partial charge < -0.3 is 23.8 Å². The Labute approximate surface area is 373 Å². The number of ether oxygens (including phenoxy) is 4. The number of hydrogen-bond acceptors (Lipinski definition) is 9. The third kappa shape index (κ3) is 8.48. The van der Waals surface area contributed by atoms with Gasteiger partial charge in [0.1, 0.15) is 43.5 Å². The lowest BCUT2D eigenvalue weighted by atomic mass is 9.93. The monoisotopic (exact) mass is 881 g/mol. The molecule has 0 radical (unpaired) electrons. The molecule has 5 heterocycles. The van der Waals surface area contributed by atoms with E-state index in [-0.39, 0.29) is 43.1 Å². The van der Waals surface area contributed by atoms with E-state index >= 15 is 4.39 Å². The number of rotatable bonds is 11. The zero-order chi connectivity index (χ0) is 45.0. The van der Waals surface area contributed by atoms with E-state index in [1.165, 1.54) is 0 Å². The van der Waals surface area contributed by atoms with Crippen molar-refractivity contribution in [2.45, 2.75) is 140 Å². The van der Waals surface area contributed by atoms with Crippen LogP contribution in [0.15, 0.2) is 42.5 Å². The largest absolute Gasteiger partial charge is 0.468 e. The minimum Gasteiger partial charge on any atom is -0.468 e. The van der Waals surface area contributed by atoms with E-state index in [0.717, 1.165) is 48.6 Å². The van der Waals surface area contributed by atoms with Gasteiger partial charge in [-0.25, -0.2) is 13.6 Å². The Morgan fingerprint density at radius 1 is 0.952 bits per heavy atom. The Bertz CT molecular complexity index is 2390. The van der Waals surface area contributed by atoms with Gasteiger partial charge in [-0.1, -0.05) is 65.7 Å². The Balaban J connectivity index is 1.27. The Kier molecular flexibility index (Phi) is 12.5. The van der Waals surface area contributed by atoms with Crippen LogP contribution in [-0.2, 0) is 9.47 Å². The first-order valence-corrected chi connectivity index (χ1v) is 25.2. The third-order valence-electron chi connectivity index (χ3n) is 14.2. The van der Waals surface area contributed by atoms with Gasteiger partial charge >= 0.3 is 12.1 Å². The molecule has 4 aliphatic rings. The first-order valence-electron chi connectivity index (χ1n) is 22.9. The van der Waals surface area contributed by atoms with Crippen LogP contribution >= 0.6 is 0 Å². The van der Waals surface area contributed by atoms with Crippen molar-refractivity contribution >= 4 is 41.7 Å². The van der Waals surface area contributed by atoms with Crippen LogP contribution in [0.2, 0.25) is 16.6 Å². The molecule has 1 amide bonds. The van der Waals surface area contributed by atoms with Gasteiger partial charge in [0.2, 0.25) is 0 Å². The highest BCUT2D eigenvalue weighted by molar-refractivity contribution is 6.90. The summed E-state index contributed by atoms with van der Waals surface area (Å²) in [5, 5.41) is 2.23. The minimum atomic E-state index is -2.12. The zero-order valence-corrected chi connectivity index (χ0v) is 39.8. The lowest BCUT2D eigenvalue weighted by Crippen LogP contribution is -2.57. The van der Waals surface area contributed by atoms with Crippen molar-refractivity contribution in [1.29, 1.82) is 0 Å². The molecule has 0 spiro atoms. The van der Waals surface area contributed by atoms with Gasteiger partial charge in [0.15, 0.2) is 12.6 Å². The summed E-state index contributed by atoms with van der Waals surface area (Å²) in [6, 6.07) is 13.4. The van der Waals surface area contributed by atoms with Gasteiger partial charge in [-0.3, -0.25) is 9.80 Å². The fourth-order valence-corrected chi connectivity index (χ4v) is 16.7. The third-order valence-corrected chi connectivity index (χ3v) is 20.5. The Morgan fingerprint density at radius 2 is 1.67 bits per heavy atom. The molecule has 0 aliphatic carbocycles. The maximum atomic E-state index is 17.9. The van der Waals surface area contributed by atoms with E-state index < -0.39 is 31.2 Å². The maximum Gasteiger partial charge on any atom is 0.410 e. The summed E-state index contributed by atoms with van der Waals surface area (Å²) in [5.41, 5.74) is 6.06. The molecule has 4 aliphatic heterocycles. The van der Waals surface area contributed by atoms with Crippen molar-refractivity contribution in [2.75, 3.05) is 51.6 Å². The average molecular weight is 882 g/mol. The number of benzene rings is 3. The minimum absolute atomic E-state index is 0.0263. The molecule has 10 nitrogen and oxygen atoms in total. The fraction of sp³-hybridized carbons (Fsp3) is 0.580. The Hall–Kier alpha value is -4.51. The smallest absolute Gasteiger partial charge is 0.410 e. The topological polar surface area (TPSA) is 89.5 Å². The molecular weight excluding hydrogens is 817 g/mol. The molecular formula is C50H65F2N5O5Si. The Morgan fingerprint density at radius 3 is 2.33 bits per heavy atom. The lowest BCUT2D eigenvalue weighted by Gasteiger charge is -2.42. The number of fused-ring (bicyclic) bond motifs is 5. The normalized spacial score (nSPS) is 22.7. The number of carbonyl (C=O) groups excluding carboxylic acids is 1. The summed E-state index contributed by atoms with van der Waals surface area (Å²) in [7, 11) is -0.552. The van der Waals surface area contributed by atoms with E-state index in [0.29, 0.717) is 70.8 Å². The van der Waals surface area contributed by atoms with Crippen LogP contribution in [0.1, 0.15) is 100.0 Å². The second-order valence-electron chi connectivity index (χ2n) is 20.3. The maximum absolute atomic E-state index is 17.9. The standard InChI is InChI=1S/C50H65F2N5O5Si/c1-31(2)63(32(3)4,33(5)6)22-19-34-13-11-14-35-23-39(61-30-59-10)24-42(43(34)35)40-17-18-41-45(44(40)52)53-47(60-29-50-20-12-21-56(50)26-36(51)25-50)54-46(41)55-27-37-15-16-38(28-55)57(37)48(58)62-49(7,8)9/h11,13-14,17-18,23-24,31-33,36-38H,12,15-16,20-21,25-30H2,1-10H3/t36-,37-,38+,50+/m1/s1. The number of methoxy groups -OCH3 is 1. The lowest BCUT2D eigenvalue weighted by molar-refractivity contribution is 0.0122. The number of anilines is 1. The summed E-state index contributed by atoms with van der Waals surface area (Å²) < 4.78 is 56.4. The molecule has 8 rings (SSSR count). The number of nitrogens with zero attached hydrogens (tertiary/aromatic N) is 5. The molecule has 0 saturated carbocycles. The number of alkyl halides is 1. The number of aromatic nitrogens is 2. The van der Waals surface area contributed by atoms with Gasteiger partial charge in [0.05, 0.1) is 17.6 Å². The highest BCUT2D eigenvalue weighted by Gasteiger charge is 2.50. The van der Waals surface area contributed by atoms with E-state index in [2.05, 4.69) is 62.8 Å². The van der Waals surface area contributed by atoms with E-state index in [9.17, 15) is 9.18 Å². The van der Waals surface area contributed by atoms with Crippen molar-refractivity contribution in [1.82, 2.24) is 19.8 Å². The summed E-state index contributed by atoms with van der Waals surface area (Å²) in [4.78, 5) is 29.5. The van der Waals surface area contributed by atoms with Crippen LogP contribution in [-0.4, -0.2) is 110 Å². The molecule has 3 aromatic carbocycles. The number of carbonyl (C=O) groups is 1. The van der Waals surface area contributed by atoms with Crippen LogP contribution in [0.25, 0.3) is 32.8 Å². The fourth-order valence-electron chi connectivity index (χ4n) is 11.5. The predicted octanol–water partition coefficient (Wildman–Crippen LogP) is 10.7. The summed E-state index contributed by atoms with van der Waals surface area (Å²) in [6.07, 6.45) is 2.57. The molecule has 0 unspecified atom stereocenters. The average Bonchev–Trinajstić information content (AvgIpc) is 3.84. The van der Waals surface area contributed by atoms with Gasteiger partial charge in [-0.15, -0.1) is 5.54 Å². The first kappa shape index (κ1) is 45.1. The zero-order valence-electron chi connectivity index (χ0n) is 38.8. The van der Waals surface area contributed by atoms with E-state index in [1.807, 2.05) is 62.1 Å². The van der Waals surface area contributed by atoms with Crippen molar-refractivity contribution in [3.63, 3.8) is 0 Å². The second kappa shape index (κ2) is 17.5. The van der Waals surface area contributed by atoms with Gasteiger partial charge in [0, 0.05) is 55.1 Å². The SMILES string of the molecule is COCOc1cc(-c2ccc3c(N4C[C@H]5CC[C@@H](C4)N5C(=O)OC(C)(C)C)nc(OC[C@@]45CCCN4C[C@H](F)C5)nc3c2F)c2c(C#C[Si](C(C)C)(C(C)C)C(C)C)cccc2c1. The van der Waals surface area contributed by atoms with Crippen molar-refractivity contribution in [3.05, 3.63) is 53.8 Å². The highest BCUT2D eigenvalue weighted by atomic mass is 28.3. The van der Waals surface area contributed by atoms with Crippen LogP contribution in [0.5, 0.6) is 11.8 Å². The molecule has 1 aromatic heterocycles. The van der Waals surface area contributed by atoms with Crippen molar-refractivity contribution in [3.8, 4) is 34.4 Å². The number of halogens is 2. The molecule has 0 N–H and O–H groups in total. The van der Waals surface area contributed by atoms with Crippen LogP contribution in [0.4, 0.5) is 19.4 Å². The van der Waals surface area contributed by atoms with Gasteiger partial charge in [-0.2, -0.15) is 9.97 Å². The molecule has 13 heteroatoms. The quantitative estimate of drug-likeness (QED) is 0.0830. The number of hydrogen-bond donors (Lipinski definition) is 0. The molecule has 2 bridgehead atoms. The molecule has 63 heavy (non-hydrogen) atoms. The highest BCUT2D eigenvalue weighted by Crippen LogP contribution is 2.45. The molecule has 4 saturated heterocycles. The van der Waals surface area contributed by atoms with Crippen LogP contribution in [0, 0.1) is 17.3 Å². The summed E-state index contributed by atoms with van der Waals surface area (Å²) >= 11 is 0. The van der Waals surface area contributed by atoms with Crippen LogP contribution in [0.3, 0.4) is 0 Å². The number of amides is 1. The van der Waals surface area contributed by atoms with Gasteiger partial charge in [0.25, 0.3) is 0 Å². The van der Waals surface area contributed by atoms with Gasteiger partial charge in [-0.05, 0) is 105 Å². The summed E-state index contributed by atoms with van der Waals surface area (Å²) in [5.74, 6) is 4.23. The van der Waals surface area contributed by atoms with E-state index in [1.54, 1.807) is 13.2 Å². The van der Waals surface area contributed by atoms with Crippen LogP contribution < -0.4 is 14.4 Å². The van der Waals surface area contributed by atoms with E-state index in [4.69, 9.17) is 28.9 Å². The summed E-state index contributed by atoms with van der Waals surface area (Å²) in [6.45, 7) is 21.9. The molecule has 4 fully saturated rings. The second-order valence-corrected chi connectivity index (χ2v) is 25.8. The van der Waals surface area contributed by atoms with Crippen molar-refractivity contribution < 1.29 is 32.5 Å². The molecule has 338 valence electrons. The molecule has 4 atom stereocenters. The van der Waals surface area contributed by atoms with Crippen molar-refractivity contribution in [2.24, 2.45) is 0 Å². The predicted molar refractivity (Wildman–Crippen MR) is 249 cm³/mol. The number of piperazine rings is 1. The molecule has 4 aromatic rings. The first-order chi connectivity index (χ1) is 29.9.